The topological polar surface area (TPSA) is 32.3 Å². The number of hydrogen-bond donors (Lipinski definition) is 1. The van der Waals surface area contributed by atoms with E-state index in [1.54, 1.807) is 0 Å². The van der Waals surface area contributed by atoms with Crippen molar-refractivity contribution in [1.29, 1.82) is 0 Å². The molecule has 2 saturated heterocycles. The smallest absolute Gasteiger partial charge is 0.222 e. The molecule has 0 bridgehead atoms. The maximum atomic E-state index is 12.0. The Bertz CT molecular complexity index is 262. The second-order valence-corrected chi connectivity index (χ2v) is 6.76. The van der Waals surface area contributed by atoms with Gasteiger partial charge in [0.15, 0.2) is 0 Å². The first-order chi connectivity index (χ1) is 7.61. The lowest BCUT2D eigenvalue weighted by molar-refractivity contribution is -0.133. The molecule has 4 heteroatoms. The Balaban J connectivity index is 1.93. The highest BCUT2D eigenvalue weighted by Gasteiger charge is 2.39. The molecule has 2 fully saturated rings. The fraction of sp³-hybridized carbons (Fsp3) is 0.917. The molecule has 1 spiro atoms. The molecule has 1 unspecified atom stereocenters. The van der Waals surface area contributed by atoms with Crippen LogP contribution in [0.25, 0.3) is 0 Å². The SMILES string of the molecule is CC(C)CC(=O)N1CCCC2(C1)NCCS2. The molecular weight excluding hydrogens is 220 g/mol. The van der Waals surface area contributed by atoms with Gasteiger partial charge in [-0.15, -0.1) is 11.8 Å². The minimum Gasteiger partial charge on any atom is -0.340 e. The molecule has 0 saturated carbocycles. The molecule has 1 atom stereocenters. The predicted molar refractivity (Wildman–Crippen MR) is 68.5 cm³/mol. The van der Waals surface area contributed by atoms with Gasteiger partial charge in [-0.25, -0.2) is 0 Å². The number of likely N-dealkylation sites (tertiary alicyclic amines) is 1. The Hall–Kier alpha value is -0.220. The normalized spacial score (nSPS) is 30.3. The first kappa shape index (κ1) is 12.2. The van der Waals surface area contributed by atoms with E-state index in [0.29, 0.717) is 18.2 Å². The number of carbonyl (C=O) groups excluding carboxylic acids is 1. The average molecular weight is 242 g/mol. The van der Waals surface area contributed by atoms with Crippen LogP contribution < -0.4 is 5.32 Å². The van der Waals surface area contributed by atoms with Gasteiger partial charge >= 0.3 is 0 Å². The number of amides is 1. The van der Waals surface area contributed by atoms with E-state index in [2.05, 4.69) is 24.1 Å². The zero-order chi connectivity index (χ0) is 11.6. The van der Waals surface area contributed by atoms with Crippen molar-refractivity contribution in [3.8, 4) is 0 Å². The first-order valence-electron chi connectivity index (χ1n) is 6.28. The molecule has 2 heterocycles. The summed E-state index contributed by atoms with van der Waals surface area (Å²) in [6.45, 7) is 7.18. The van der Waals surface area contributed by atoms with Crippen molar-refractivity contribution in [1.82, 2.24) is 10.2 Å². The van der Waals surface area contributed by atoms with Crippen LogP contribution in [-0.4, -0.2) is 41.1 Å². The summed E-state index contributed by atoms with van der Waals surface area (Å²) < 4.78 is 0. The third kappa shape index (κ3) is 2.72. The number of rotatable bonds is 2. The number of thioether (sulfide) groups is 1. The quantitative estimate of drug-likeness (QED) is 0.800. The van der Waals surface area contributed by atoms with Crippen LogP contribution >= 0.6 is 11.8 Å². The maximum Gasteiger partial charge on any atom is 0.222 e. The van der Waals surface area contributed by atoms with Crippen molar-refractivity contribution in [3.63, 3.8) is 0 Å². The zero-order valence-electron chi connectivity index (χ0n) is 10.3. The highest BCUT2D eigenvalue weighted by Crippen LogP contribution is 2.35. The molecule has 0 aliphatic carbocycles. The molecule has 0 aromatic heterocycles. The summed E-state index contributed by atoms with van der Waals surface area (Å²) in [6, 6.07) is 0. The van der Waals surface area contributed by atoms with E-state index < -0.39 is 0 Å². The largest absolute Gasteiger partial charge is 0.340 e. The molecule has 2 aliphatic rings. The fourth-order valence-electron chi connectivity index (χ4n) is 2.55. The van der Waals surface area contributed by atoms with E-state index in [1.165, 1.54) is 12.2 Å². The number of carbonyl (C=O) groups is 1. The van der Waals surface area contributed by atoms with Gasteiger partial charge in [0, 0.05) is 31.8 Å². The monoisotopic (exact) mass is 242 g/mol. The van der Waals surface area contributed by atoms with Crippen LogP contribution in [0, 0.1) is 5.92 Å². The van der Waals surface area contributed by atoms with E-state index in [0.717, 1.165) is 26.1 Å². The molecule has 3 nitrogen and oxygen atoms in total. The van der Waals surface area contributed by atoms with Gasteiger partial charge < -0.3 is 10.2 Å². The molecule has 1 amide bonds. The Kier molecular flexibility index (Phi) is 3.80. The van der Waals surface area contributed by atoms with Crippen LogP contribution in [0.5, 0.6) is 0 Å². The van der Waals surface area contributed by atoms with Crippen molar-refractivity contribution in [3.05, 3.63) is 0 Å². The van der Waals surface area contributed by atoms with Gasteiger partial charge in [0.25, 0.3) is 0 Å². The average Bonchev–Trinajstić information content (AvgIpc) is 2.65. The Morgan fingerprint density at radius 2 is 2.38 bits per heavy atom. The van der Waals surface area contributed by atoms with Gasteiger partial charge in [-0.05, 0) is 18.8 Å². The number of piperidine rings is 1. The van der Waals surface area contributed by atoms with Crippen molar-refractivity contribution in [2.75, 3.05) is 25.4 Å². The minimum atomic E-state index is 0.185. The van der Waals surface area contributed by atoms with Crippen LogP contribution in [-0.2, 0) is 4.79 Å². The van der Waals surface area contributed by atoms with E-state index in [-0.39, 0.29) is 4.87 Å². The molecule has 2 aliphatic heterocycles. The third-order valence-corrected chi connectivity index (χ3v) is 4.76. The van der Waals surface area contributed by atoms with Crippen molar-refractivity contribution in [2.45, 2.75) is 38.0 Å². The fourth-order valence-corrected chi connectivity index (χ4v) is 3.89. The van der Waals surface area contributed by atoms with Gasteiger partial charge in [0.1, 0.15) is 0 Å². The highest BCUT2D eigenvalue weighted by atomic mass is 32.2. The summed E-state index contributed by atoms with van der Waals surface area (Å²) >= 11 is 2.00. The van der Waals surface area contributed by atoms with Gasteiger partial charge in [0.05, 0.1) is 4.87 Å². The van der Waals surface area contributed by atoms with Gasteiger partial charge in [-0.1, -0.05) is 13.8 Å². The lowest BCUT2D eigenvalue weighted by Gasteiger charge is -2.40. The molecule has 16 heavy (non-hydrogen) atoms. The van der Waals surface area contributed by atoms with E-state index in [9.17, 15) is 4.79 Å². The molecule has 2 rings (SSSR count). The van der Waals surface area contributed by atoms with Crippen LogP contribution in [0.2, 0.25) is 0 Å². The second kappa shape index (κ2) is 4.96. The summed E-state index contributed by atoms with van der Waals surface area (Å²) in [4.78, 5) is 14.3. The Morgan fingerprint density at radius 1 is 1.56 bits per heavy atom. The van der Waals surface area contributed by atoms with Gasteiger partial charge in [0.2, 0.25) is 5.91 Å². The lowest BCUT2D eigenvalue weighted by atomic mass is 10.0. The van der Waals surface area contributed by atoms with Crippen molar-refractivity contribution >= 4 is 17.7 Å². The predicted octanol–water partition coefficient (Wildman–Crippen LogP) is 1.69. The molecule has 92 valence electrons. The molecular formula is C12H22N2OS. The van der Waals surface area contributed by atoms with Crippen LogP contribution in [0.4, 0.5) is 0 Å². The first-order valence-corrected chi connectivity index (χ1v) is 7.27. The van der Waals surface area contributed by atoms with E-state index in [1.807, 2.05) is 11.8 Å². The summed E-state index contributed by atoms with van der Waals surface area (Å²) in [5, 5.41) is 3.58. The molecule has 0 radical (unpaired) electrons. The van der Waals surface area contributed by atoms with Crippen LogP contribution in [0.3, 0.4) is 0 Å². The highest BCUT2D eigenvalue weighted by molar-refractivity contribution is 8.00. The Labute approximate surface area is 102 Å². The number of hydrogen-bond acceptors (Lipinski definition) is 3. The maximum absolute atomic E-state index is 12.0. The summed E-state index contributed by atoms with van der Waals surface area (Å²) in [5.74, 6) is 1.99. The van der Waals surface area contributed by atoms with Crippen LogP contribution in [0.15, 0.2) is 0 Å². The number of nitrogens with zero attached hydrogens (tertiary/aromatic N) is 1. The second-order valence-electron chi connectivity index (χ2n) is 5.29. The Morgan fingerprint density at radius 3 is 3.00 bits per heavy atom. The van der Waals surface area contributed by atoms with Crippen LogP contribution in [0.1, 0.15) is 33.1 Å². The molecule has 0 aromatic rings. The molecule has 0 aromatic carbocycles. The summed E-state index contributed by atoms with van der Waals surface area (Å²) in [5.41, 5.74) is 0. The minimum absolute atomic E-state index is 0.185. The summed E-state index contributed by atoms with van der Waals surface area (Å²) in [7, 11) is 0. The van der Waals surface area contributed by atoms with E-state index >= 15 is 0 Å². The summed E-state index contributed by atoms with van der Waals surface area (Å²) in [6.07, 6.45) is 3.05. The zero-order valence-corrected chi connectivity index (χ0v) is 11.1. The van der Waals surface area contributed by atoms with E-state index in [4.69, 9.17) is 0 Å². The number of nitrogens with one attached hydrogen (secondary N) is 1. The standard InChI is InChI=1S/C12H22N2OS/c1-10(2)8-11(15)14-6-3-4-12(9-14)13-5-7-16-12/h10,13H,3-9H2,1-2H3. The third-order valence-electron chi connectivity index (χ3n) is 3.32. The van der Waals surface area contributed by atoms with Gasteiger partial charge in [-0.2, -0.15) is 0 Å². The molecule has 1 N–H and O–H groups in total. The van der Waals surface area contributed by atoms with Gasteiger partial charge in [-0.3, -0.25) is 4.79 Å². The van der Waals surface area contributed by atoms with Crippen molar-refractivity contribution < 1.29 is 4.79 Å². The lowest BCUT2D eigenvalue weighted by Crippen LogP contribution is -2.53. The van der Waals surface area contributed by atoms with Crippen molar-refractivity contribution in [2.24, 2.45) is 5.92 Å².